The Balaban J connectivity index is 1.60. The number of carbonyl (C=O) groups excluding carboxylic acids is 1. The van der Waals surface area contributed by atoms with Gasteiger partial charge in [-0.25, -0.2) is 0 Å². The Morgan fingerprint density at radius 2 is 2.19 bits per heavy atom. The molecule has 1 saturated carbocycles. The summed E-state index contributed by atoms with van der Waals surface area (Å²) >= 11 is 7.64. The first-order chi connectivity index (χ1) is 10.2. The zero-order chi connectivity index (χ0) is 14.7. The Kier molecular flexibility index (Phi) is 4.86. The molecule has 3 rings (SSSR count). The minimum absolute atomic E-state index is 0.222. The molecule has 0 aromatic heterocycles. The molecule has 1 aliphatic heterocycles. The Bertz CT molecular complexity index is 555. The van der Waals surface area contributed by atoms with Crippen molar-refractivity contribution in [3.05, 3.63) is 34.9 Å². The summed E-state index contributed by atoms with van der Waals surface area (Å²) in [4.78, 5) is 18.9. The van der Waals surface area contributed by atoms with E-state index < -0.39 is 0 Å². The van der Waals surface area contributed by atoms with E-state index in [1.807, 2.05) is 23.1 Å². The second-order valence-corrected chi connectivity index (χ2v) is 6.93. The molecule has 0 saturated heterocycles. The first-order valence-corrected chi connectivity index (χ1v) is 8.83. The van der Waals surface area contributed by atoms with E-state index in [-0.39, 0.29) is 11.8 Å². The second kappa shape index (κ2) is 6.84. The smallest absolute Gasteiger partial charge is 0.231 e. The average molecular weight is 323 g/mol. The molecule has 1 aliphatic carbocycles. The molecule has 1 fully saturated rings. The van der Waals surface area contributed by atoms with E-state index in [1.165, 1.54) is 12.8 Å². The number of hydrogen-bond acceptors (Lipinski definition) is 3. The van der Waals surface area contributed by atoms with E-state index in [4.69, 9.17) is 11.6 Å². The van der Waals surface area contributed by atoms with Gasteiger partial charge in [0.15, 0.2) is 5.17 Å². The molecule has 0 bridgehead atoms. The highest BCUT2D eigenvalue weighted by molar-refractivity contribution is 8.13. The molecule has 1 heterocycles. The topological polar surface area (TPSA) is 32.7 Å². The largest absolute Gasteiger partial charge is 0.289 e. The van der Waals surface area contributed by atoms with E-state index in [1.54, 1.807) is 11.8 Å². The van der Waals surface area contributed by atoms with Gasteiger partial charge in [-0.2, -0.15) is 0 Å². The van der Waals surface area contributed by atoms with Crippen LogP contribution in [0.2, 0.25) is 5.02 Å². The van der Waals surface area contributed by atoms with Crippen molar-refractivity contribution in [2.45, 2.75) is 31.4 Å². The van der Waals surface area contributed by atoms with Crippen molar-refractivity contribution in [1.82, 2.24) is 4.90 Å². The van der Waals surface area contributed by atoms with Crippen molar-refractivity contribution >= 4 is 34.4 Å². The lowest BCUT2D eigenvalue weighted by Crippen LogP contribution is -2.36. The van der Waals surface area contributed by atoms with Gasteiger partial charge in [0.1, 0.15) is 0 Å². The number of hydrogen-bond donors (Lipinski definition) is 0. The number of thioether (sulfide) groups is 1. The second-order valence-electron chi connectivity index (χ2n) is 5.55. The van der Waals surface area contributed by atoms with Crippen LogP contribution in [0, 0.1) is 5.92 Å². The molecule has 2 aliphatic rings. The third-order valence-electron chi connectivity index (χ3n) is 4.03. The summed E-state index contributed by atoms with van der Waals surface area (Å²) in [7, 11) is 0. The molecule has 112 valence electrons. The van der Waals surface area contributed by atoms with E-state index in [2.05, 4.69) is 11.1 Å². The molecule has 0 spiro atoms. The van der Waals surface area contributed by atoms with Crippen molar-refractivity contribution in [1.29, 1.82) is 0 Å². The van der Waals surface area contributed by atoms with Gasteiger partial charge in [-0.3, -0.25) is 14.7 Å². The molecule has 21 heavy (non-hydrogen) atoms. The third kappa shape index (κ3) is 3.61. The number of carbonyl (C=O) groups is 1. The first-order valence-electron chi connectivity index (χ1n) is 7.47. The van der Waals surface area contributed by atoms with Crippen molar-refractivity contribution in [3.8, 4) is 0 Å². The van der Waals surface area contributed by atoms with Gasteiger partial charge in [-0.05, 0) is 30.5 Å². The monoisotopic (exact) mass is 322 g/mol. The third-order valence-corrected chi connectivity index (χ3v) is 5.35. The maximum atomic E-state index is 12.5. The zero-order valence-electron chi connectivity index (χ0n) is 11.9. The Morgan fingerprint density at radius 3 is 2.95 bits per heavy atom. The number of amides is 1. The number of nitrogens with zero attached hydrogens (tertiary/aromatic N) is 2. The molecule has 0 N–H and O–H groups in total. The summed E-state index contributed by atoms with van der Waals surface area (Å²) in [5.41, 5.74) is 1.16. The van der Waals surface area contributed by atoms with Gasteiger partial charge in [0.25, 0.3) is 0 Å². The number of amidine groups is 1. The van der Waals surface area contributed by atoms with Crippen LogP contribution >= 0.6 is 23.4 Å². The van der Waals surface area contributed by atoms with Gasteiger partial charge in [-0.15, -0.1) is 0 Å². The molecule has 5 heteroatoms. The number of benzene rings is 1. The van der Waals surface area contributed by atoms with Crippen molar-refractivity contribution < 1.29 is 4.79 Å². The van der Waals surface area contributed by atoms with Crippen LogP contribution in [0.4, 0.5) is 0 Å². The highest BCUT2D eigenvalue weighted by Gasteiger charge is 2.31. The van der Waals surface area contributed by atoms with Crippen LogP contribution in [0.15, 0.2) is 29.3 Å². The van der Waals surface area contributed by atoms with E-state index in [0.29, 0.717) is 0 Å². The lowest BCUT2D eigenvalue weighted by atomic mass is 10.1. The van der Waals surface area contributed by atoms with Crippen LogP contribution in [-0.2, 0) is 10.5 Å². The molecular weight excluding hydrogens is 304 g/mol. The molecular formula is C16H19ClN2OS. The van der Waals surface area contributed by atoms with Crippen molar-refractivity contribution in [3.63, 3.8) is 0 Å². The predicted molar refractivity (Wildman–Crippen MR) is 88.7 cm³/mol. The van der Waals surface area contributed by atoms with Crippen molar-refractivity contribution in [2.24, 2.45) is 10.9 Å². The van der Waals surface area contributed by atoms with E-state index >= 15 is 0 Å². The van der Waals surface area contributed by atoms with Crippen LogP contribution in [0.5, 0.6) is 0 Å². The minimum Gasteiger partial charge on any atom is -0.289 e. The van der Waals surface area contributed by atoms with Crippen LogP contribution in [0.3, 0.4) is 0 Å². The fourth-order valence-corrected chi connectivity index (χ4v) is 4.13. The number of aliphatic imine (C=N–C) groups is 1. The SMILES string of the molecule is O=C(C1CCCC1)N1CCN=C1SCc1cccc(Cl)c1. The molecule has 0 atom stereocenters. The van der Waals surface area contributed by atoms with Crippen molar-refractivity contribution in [2.75, 3.05) is 13.1 Å². The summed E-state index contributed by atoms with van der Waals surface area (Å²) in [5.74, 6) is 1.30. The fourth-order valence-electron chi connectivity index (χ4n) is 2.92. The van der Waals surface area contributed by atoms with Crippen LogP contribution in [-0.4, -0.2) is 29.1 Å². The van der Waals surface area contributed by atoms with E-state index in [9.17, 15) is 4.79 Å². The van der Waals surface area contributed by atoms with Crippen LogP contribution in [0.25, 0.3) is 0 Å². The zero-order valence-corrected chi connectivity index (χ0v) is 13.5. The minimum atomic E-state index is 0.222. The maximum Gasteiger partial charge on any atom is 0.231 e. The quantitative estimate of drug-likeness (QED) is 0.843. The maximum absolute atomic E-state index is 12.5. The first kappa shape index (κ1) is 14.9. The van der Waals surface area contributed by atoms with Gasteiger partial charge < -0.3 is 0 Å². The summed E-state index contributed by atoms with van der Waals surface area (Å²) < 4.78 is 0. The van der Waals surface area contributed by atoms with Gasteiger partial charge in [0, 0.05) is 23.2 Å². The predicted octanol–water partition coefficient (Wildman–Crippen LogP) is 3.96. The van der Waals surface area contributed by atoms with Crippen LogP contribution in [0.1, 0.15) is 31.2 Å². The molecule has 1 aromatic rings. The standard InChI is InChI=1S/C16H19ClN2OS/c17-14-7-3-4-12(10-14)11-21-16-18-8-9-19(16)15(20)13-5-1-2-6-13/h3-4,7,10,13H,1-2,5-6,8-9,11H2. The number of halogens is 1. The average Bonchev–Trinajstić information content (AvgIpc) is 3.16. The normalized spacial score (nSPS) is 19.1. The fraction of sp³-hybridized carbons (Fsp3) is 0.500. The van der Waals surface area contributed by atoms with Gasteiger partial charge in [0.05, 0.1) is 6.54 Å². The van der Waals surface area contributed by atoms with Gasteiger partial charge >= 0.3 is 0 Å². The summed E-state index contributed by atoms with van der Waals surface area (Å²) in [6.07, 6.45) is 4.46. The lowest BCUT2D eigenvalue weighted by Gasteiger charge is -2.21. The van der Waals surface area contributed by atoms with E-state index in [0.717, 1.165) is 47.4 Å². The highest BCUT2D eigenvalue weighted by atomic mass is 35.5. The summed E-state index contributed by atoms with van der Waals surface area (Å²) in [6.45, 7) is 1.48. The molecule has 3 nitrogen and oxygen atoms in total. The van der Waals surface area contributed by atoms with Gasteiger partial charge in [-0.1, -0.05) is 48.3 Å². The highest BCUT2D eigenvalue weighted by Crippen LogP contribution is 2.29. The molecule has 0 unspecified atom stereocenters. The molecule has 1 aromatic carbocycles. The summed E-state index contributed by atoms with van der Waals surface area (Å²) in [5, 5.41) is 1.63. The Morgan fingerprint density at radius 1 is 1.38 bits per heavy atom. The lowest BCUT2D eigenvalue weighted by molar-refractivity contribution is -0.130. The number of rotatable bonds is 3. The van der Waals surface area contributed by atoms with Gasteiger partial charge in [0.2, 0.25) is 5.91 Å². The Hall–Kier alpha value is -1.00. The summed E-state index contributed by atoms with van der Waals surface area (Å²) in [6, 6.07) is 7.85. The molecule has 0 radical (unpaired) electrons. The molecule has 1 amide bonds. The Labute approximate surface area is 134 Å². The van der Waals surface area contributed by atoms with Crippen LogP contribution < -0.4 is 0 Å².